The maximum atomic E-state index is 13.4. The molecular weight excluding hydrogens is 849 g/mol. The molecule has 2 aliphatic heterocycles. The standard InChI is InChI=1S/C22H26BrNO4.C21H22BrFN2O3/c1-2-20(16-8-10-18(23)11-9-16)24-13-12-22(28-21(24)27,14-19(26)15-25)17-6-4-3-5-7-17;1-14(15-2-6-17(22)7-3-15)25-13-12-21(28-20(25)27,11-10-19(24)26)16-4-8-18(23)9-5-16/h3-11,19-20,25-26H,2,12-15H2,1H3;2-9,14H,10-13H2,1H3,(H2,24,26)/t19-,20+,22+;14-,21+/m10/s1. The van der Waals surface area contributed by atoms with Gasteiger partial charge in [-0.15, -0.1) is 0 Å². The third-order valence-corrected chi connectivity index (χ3v) is 11.7. The monoisotopic (exact) mass is 895 g/mol. The zero-order chi connectivity index (χ0) is 40.5. The zero-order valence-corrected chi connectivity index (χ0v) is 34.6. The Morgan fingerprint density at radius 2 is 1.32 bits per heavy atom. The van der Waals surface area contributed by atoms with Crippen molar-refractivity contribution in [1.29, 1.82) is 0 Å². The van der Waals surface area contributed by atoms with Crippen molar-refractivity contribution in [2.45, 2.75) is 81.8 Å². The quantitative estimate of drug-likeness (QED) is 0.122. The first kappa shape index (κ1) is 42.8. The lowest BCUT2D eigenvalue weighted by Gasteiger charge is -2.44. The molecule has 10 nitrogen and oxygen atoms in total. The highest BCUT2D eigenvalue weighted by molar-refractivity contribution is 9.10. The molecule has 5 atom stereocenters. The van der Waals surface area contributed by atoms with Crippen LogP contribution in [0.25, 0.3) is 0 Å². The Bertz CT molecular complexity index is 1920. The van der Waals surface area contributed by atoms with E-state index in [0.29, 0.717) is 31.5 Å². The fraction of sp³-hybridized carbons (Fsp3) is 0.372. The molecule has 2 saturated heterocycles. The fourth-order valence-corrected chi connectivity index (χ4v) is 8.00. The molecule has 4 N–H and O–H groups in total. The topological polar surface area (TPSA) is 143 Å². The lowest BCUT2D eigenvalue weighted by Crippen LogP contribution is -2.50. The average molecular weight is 898 g/mol. The van der Waals surface area contributed by atoms with E-state index in [0.717, 1.165) is 32.1 Å². The minimum absolute atomic E-state index is 0.0721. The lowest BCUT2D eigenvalue weighted by molar-refractivity contribution is -0.121. The van der Waals surface area contributed by atoms with Crippen LogP contribution < -0.4 is 5.73 Å². The molecule has 6 rings (SSSR count). The molecule has 4 aromatic rings. The number of ether oxygens (including phenoxy) is 2. The van der Waals surface area contributed by atoms with Gasteiger partial charge in [-0.25, -0.2) is 14.0 Å². The van der Waals surface area contributed by atoms with Crippen molar-refractivity contribution in [2.75, 3.05) is 19.7 Å². The molecule has 298 valence electrons. The highest BCUT2D eigenvalue weighted by atomic mass is 79.9. The van der Waals surface area contributed by atoms with Crippen LogP contribution in [0.5, 0.6) is 0 Å². The van der Waals surface area contributed by atoms with Crippen LogP contribution in [0.3, 0.4) is 0 Å². The van der Waals surface area contributed by atoms with E-state index < -0.39 is 35.4 Å². The van der Waals surface area contributed by atoms with Gasteiger partial charge in [0.15, 0.2) is 0 Å². The van der Waals surface area contributed by atoms with E-state index in [1.54, 1.807) is 21.9 Å². The zero-order valence-electron chi connectivity index (χ0n) is 31.5. The van der Waals surface area contributed by atoms with Gasteiger partial charge in [0, 0.05) is 54.1 Å². The SMILES string of the molecule is CC[C@@H](c1ccc(Br)cc1)N1CC[C@](C[C@@H](O)CO)(c2ccccc2)OC1=O.C[C@@H](c1ccc(Br)cc1)N1CC[C@](CCC(N)=O)(c2ccc(F)cc2)OC1=O. The number of carbonyl (C=O) groups excluding carboxylic acids is 3. The summed E-state index contributed by atoms with van der Waals surface area (Å²) in [4.78, 5) is 40.7. The van der Waals surface area contributed by atoms with Gasteiger partial charge in [0.25, 0.3) is 0 Å². The Kier molecular flexibility index (Phi) is 14.7. The molecule has 2 heterocycles. The second-order valence-corrected chi connectivity index (χ2v) is 16.0. The predicted molar refractivity (Wildman–Crippen MR) is 218 cm³/mol. The number of benzene rings is 4. The lowest BCUT2D eigenvalue weighted by atomic mass is 9.83. The van der Waals surface area contributed by atoms with Gasteiger partial charge in [-0.2, -0.15) is 0 Å². The molecule has 0 unspecified atom stereocenters. The van der Waals surface area contributed by atoms with Crippen LogP contribution in [0.15, 0.2) is 112 Å². The number of carbonyl (C=O) groups is 3. The minimum Gasteiger partial charge on any atom is -0.438 e. The first-order valence-electron chi connectivity index (χ1n) is 18.7. The summed E-state index contributed by atoms with van der Waals surface area (Å²) in [5.41, 5.74) is 6.95. The third kappa shape index (κ3) is 10.4. The Labute approximate surface area is 344 Å². The Morgan fingerprint density at radius 1 is 0.804 bits per heavy atom. The van der Waals surface area contributed by atoms with Crippen molar-refractivity contribution in [2.24, 2.45) is 5.73 Å². The van der Waals surface area contributed by atoms with E-state index >= 15 is 0 Å². The normalized spacial score (nSPS) is 21.2. The summed E-state index contributed by atoms with van der Waals surface area (Å²) >= 11 is 6.85. The molecule has 0 bridgehead atoms. The van der Waals surface area contributed by atoms with E-state index in [4.69, 9.17) is 15.2 Å². The van der Waals surface area contributed by atoms with Crippen molar-refractivity contribution >= 4 is 50.0 Å². The molecule has 3 amide bonds. The molecule has 0 aromatic heterocycles. The summed E-state index contributed by atoms with van der Waals surface area (Å²) in [7, 11) is 0. The van der Waals surface area contributed by atoms with Crippen molar-refractivity contribution in [3.63, 3.8) is 0 Å². The molecule has 0 spiro atoms. The fourth-order valence-electron chi connectivity index (χ4n) is 7.47. The summed E-state index contributed by atoms with van der Waals surface area (Å²) in [6, 6.07) is 30.8. The van der Waals surface area contributed by atoms with Crippen molar-refractivity contribution in [3.8, 4) is 0 Å². The molecule has 56 heavy (non-hydrogen) atoms. The van der Waals surface area contributed by atoms with Gasteiger partial charge >= 0.3 is 12.2 Å². The summed E-state index contributed by atoms with van der Waals surface area (Å²) in [6.45, 7) is 4.59. The molecular formula is C43H48Br2FN3O7. The molecule has 2 fully saturated rings. The van der Waals surface area contributed by atoms with Gasteiger partial charge in [-0.3, -0.25) is 4.79 Å². The smallest absolute Gasteiger partial charge is 0.411 e. The maximum Gasteiger partial charge on any atom is 0.411 e. The minimum atomic E-state index is -0.990. The molecule has 2 aliphatic rings. The highest BCUT2D eigenvalue weighted by Crippen LogP contribution is 2.42. The van der Waals surface area contributed by atoms with Crippen LogP contribution in [0, 0.1) is 5.82 Å². The van der Waals surface area contributed by atoms with Crippen LogP contribution in [-0.4, -0.2) is 63.9 Å². The summed E-state index contributed by atoms with van der Waals surface area (Å²) in [6.07, 6.45) is 0.508. The van der Waals surface area contributed by atoms with Crippen molar-refractivity contribution in [3.05, 3.63) is 140 Å². The Hall–Kier alpha value is -4.30. The van der Waals surface area contributed by atoms with Crippen LogP contribution >= 0.6 is 31.9 Å². The summed E-state index contributed by atoms with van der Waals surface area (Å²) in [5, 5.41) is 19.4. The molecule has 13 heteroatoms. The van der Waals surface area contributed by atoms with Crippen molar-refractivity contribution in [1.82, 2.24) is 9.80 Å². The number of halogens is 3. The number of aliphatic hydroxyl groups is 2. The number of cyclic esters (lactones) is 2. The van der Waals surface area contributed by atoms with E-state index in [1.807, 2.05) is 85.8 Å². The third-order valence-electron chi connectivity index (χ3n) is 10.6. The Morgan fingerprint density at radius 3 is 1.86 bits per heavy atom. The van der Waals surface area contributed by atoms with E-state index in [9.17, 15) is 29.0 Å². The molecule has 0 aliphatic carbocycles. The van der Waals surface area contributed by atoms with Gasteiger partial charge in [-0.05, 0) is 72.0 Å². The van der Waals surface area contributed by atoms with E-state index in [-0.39, 0.29) is 43.8 Å². The first-order chi connectivity index (χ1) is 26.8. The second-order valence-electron chi connectivity index (χ2n) is 14.2. The number of hydrogen-bond acceptors (Lipinski definition) is 7. The van der Waals surface area contributed by atoms with Gasteiger partial charge in [0.1, 0.15) is 17.0 Å². The summed E-state index contributed by atoms with van der Waals surface area (Å²) < 4.78 is 27.2. The molecule has 0 radical (unpaired) electrons. The number of aliphatic hydroxyl groups excluding tert-OH is 2. The number of hydrogen-bond donors (Lipinski definition) is 3. The van der Waals surface area contributed by atoms with Crippen molar-refractivity contribution < 1.29 is 38.5 Å². The van der Waals surface area contributed by atoms with Crippen LogP contribution in [0.4, 0.5) is 14.0 Å². The van der Waals surface area contributed by atoms with Gasteiger partial charge in [-0.1, -0.05) is 106 Å². The van der Waals surface area contributed by atoms with Gasteiger partial charge in [0.05, 0.1) is 24.8 Å². The number of rotatable bonds is 13. The average Bonchev–Trinajstić information content (AvgIpc) is 3.19. The number of amides is 3. The number of nitrogens with two attached hydrogens (primary N) is 1. The van der Waals surface area contributed by atoms with Gasteiger partial charge < -0.3 is 35.2 Å². The second kappa shape index (κ2) is 19.2. The maximum absolute atomic E-state index is 13.4. The highest BCUT2D eigenvalue weighted by Gasteiger charge is 2.46. The molecule has 0 saturated carbocycles. The Balaban J connectivity index is 0.000000214. The largest absolute Gasteiger partial charge is 0.438 e. The van der Waals surface area contributed by atoms with Crippen LogP contribution in [0.1, 0.15) is 86.7 Å². The van der Waals surface area contributed by atoms with Crippen LogP contribution in [-0.2, 0) is 25.5 Å². The molecule has 4 aromatic carbocycles. The van der Waals surface area contributed by atoms with Crippen LogP contribution in [0.2, 0.25) is 0 Å². The summed E-state index contributed by atoms with van der Waals surface area (Å²) in [5.74, 6) is -0.843. The number of primary amides is 1. The van der Waals surface area contributed by atoms with E-state index in [2.05, 4.69) is 38.8 Å². The predicted octanol–water partition coefficient (Wildman–Crippen LogP) is 9.03. The van der Waals surface area contributed by atoms with E-state index in [1.165, 1.54) is 12.1 Å². The number of nitrogens with zero attached hydrogens (tertiary/aromatic N) is 2. The van der Waals surface area contributed by atoms with Gasteiger partial charge in [0.2, 0.25) is 5.91 Å². The first-order valence-corrected chi connectivity index (χ1v) is 20.3.